The van der Waals surface area contributed by atoms with Crippen LogP contribution in [0.1, 0.15) is 65.7 Å². The lowest BCUT2D eigenvalue weighted by Gasteiger charge is -2.40. The molecule has 0 aliphatic heterocycles. The Labute approximate surface area is 293 Å². The van der Waals surface area contributed by atoms with Gasteiger partial charge < -0.3 is 13.6 Å². The molecular weight excluding hydrogens is 665 g/mol. The topological polar surface area (TPSA) is 61.8 Å². The summed E-state index contributed by atoms with van der Waals surface area (Å²) in [4.78, 5) is 26.4. The van der Waals surface area contributed by atoms with Crippen LogP contribution in [0.15, 0.2) is 42.5 Å². The number of thioether (sulfide) groups is 2. The van der Waals surface area contributed by atoms with Crippen LogP contribution < -0.4 is 0 Å². The summed E-state index contributed by atoms with van der Waals surface area (Å²) in [6.07, 6.45) is 7.67. The van der Waals surface area contributed by atoms with Crippen LogP contribution in [0, 0.1) is 5.92 Å². The Morgan fingerprint density at radius 1 is 1.04 bits per heavy atom. The summed E-state index contributed by atoms with van der Waals surface area (Å²) < 4.78 is 20.1. The van der Waals surface area contributed by atoms with Crippen LogP contribution in [-0.2, 0) is 29.6 Å². The van der Waals surface area contributed by atoms with E-state index in [1.165, 1.54) is 22.1 Å². The van der Waals surface area contributed by atoms with Gasteiger partial charge in [0, 0.05) is 21.9 Å². The molecule has 0 unspecified atom stereocenters. The molecule has 2 aromatic rings. The van der Waals surface area contributed by atoms with Crippen molar-refractivity contribution in [1.29, 1.82) is 0 Å². The van der Waals surface area contributed by atoms with Crippen molar-refractivity contribution in [3.05, 3.63) is 47.4 Å². The summed E-state index contributed by atoms with van der Waals surface area (Å²) >= 11 is 5.22. The number of benzene rings is 1. The average molecular weight is 723 g/mol. The Morgan fingerprint density at radius 3 is 2.35 bits per heavy atom. The maximum Gasteiger partial charge on any atom is 0.315 e. The average Bonchev–Trinajstić information content (AvgIpc) is 3.49. The third-order valence-electron chi connectivity index (χ3n) is 9.88. The van der Waals surface area contributed by atoms with Gasteiger partial charge >= 0.3 is 5.97 Å². The molecule has 0 amide bonds. The number of carbonyl (C=O) groups is 2. The van der Waals surface area contributed by atoms with E-state index in [0.717, 1.165) is 30.8 Å². The van der Waals surface area contributed by atoms with Crippen molar-refractivity contribution >= 4 is 73.3 Å². The second-order valence-electron chi connectivity index (χ2n) is 15.5. The Hall–Kier alpha value is -0.886. The van der Waals surface area contributed by atoms with E-state index in [1.54, 1.807) is 23.5 Å². The van der Waals surface area contributed by atoms with E-state index in [9.17, 15) is 9.59 Å². The minimum absolute atomic E-state index is 0.00388. The number of hydrogen-bond acceptors (Lipinski definition) is 8. The summed E-state index contributed by atoms with van der Waals surface area (Å²) in [6, 6.07) is 10.9. The van der Waals surface area contributed by atoms with Crippen LogP contribution in [0.3, 0.4) is 0 Å². The van der Waals surface area contributed by atoms with Gasteiger partial charge in [-0.2, -0.15) is 11.8 Å². The number of Topliss-reactive ketones (excluding diaryl/α,β-unsaturated/α-hetero) is 1. The maximum atomic E-state index is 13.6. The van der Waals surface area contributed by atoms with Gasteiger partial charge in [0.15, 0.2) is 16.6 Å². The number of esters is 1. The molecule has 46 heavy (non-hydrogen) atoms. The van der Waals surface area contributed by atoms with Crippen LogP contribution in [0.25, 0.3) is 10.1 Å². The molecule has 5 nitrogen and oxygen atoms in total. The number of ketones is 1. The van der Waals surface area contributed by atoms with E-state index >= 15 is 0 Å². The minimum Gasteiger partial charge on any atom is -0.468 e. The van der Waals surface area contributed by atoms with E-state index in [2.05, 4.69) is 110 Å². The van der Waals surface area contributed by atoms with Gasteiger partial charge in [-0.3, -0.25) is 9.59 Å². The normalized spacial score (nSPS) is 20.6. The zero-order valence-electron chi connectivity index (χ0n) is 30.1. The summed E-state index contributed by atoms with van der Waals surface area (Å²) in [5.74, 6) is 2.21. The first-order valence-electron chi connectivity index (χ1n) is 16.6. The molecule has 1 aromatic heterocycles. The third-order valence-corrected chi connectivity index (χ3v) is 22.5. The van der Waals surface area contributed by atoms with Crippen LogP contribution in [0.4, 0.5) is 0 Å². The van der Waals surface area contributed by atoms with E-state index < -0.39 is 16.6 Å². The van der Waals surface area contributed by atoms with Crippen molar-refractivity contribution in [2.45, 2.75) is 121 Å². The largest absolute Gasteiger partial charge is 0.468 e. The number of thiophene rings is 1. The lowest BCUT2D eigenvalue weighted by Crippen LogP contribution is -2.45. The Balaban J connectivity index is 1.83. The van der Waals surface area contributed by atoms with Crippen molar-refractivity contribution in [2.75, 3.05) is 24.4 Å². The van der Waals surface area contributed by atoms with Gasteiger partial charge in [-0.1, -0.05) is 71.9 Å². The molecule has 0 bridgehead atoms. The van der Waals surface area contributed by atoms with E-state index in [1.807, 2.05) is 11.3 Å². The fourth-order valence-corrected chi connectivity index (χ4v) is 11.0. The van der Waals surface area contributed by atoms with Crippen LogP contribution >= 0.6 is 34.9 Å². The molecule has 1 aliphatic carbocycles. The molecule has 1 heterocycles. The summed E-state index contributed by atoms with van der Waals surface area (Å²) in [6.45, 7) is 22.9. The Bertz CT molecular complexity index is 1290. The second-order valence-corrected chi connectivity index (χ2v) is 28.6. The summed E-state index contributed by atoms with van der Waals surface area (Å²) in [7, 11) is -2.72. The van der Waals surface area contributed by atoms with Gasteiger partial charge in [-0.05, 0) is 84.6 Å². The third kappa shape index (κ3) is 11.1. The number of fused-ring (bicyclic) bond motifs is 1. The van der Waals surface area contributed by atoms with Crippen molar-refractivity contribution < 1.29 is 23.2 Å². The molecule has 1 fully saturated rings. The molecule has 1 aromatic carbocycles. The first-order valence-corrected chi connectivity index (χ1v) is 25.5. The quantitative estimate of drug-likeness (QED) is 0.0740. The summed E-state index contributed by atoms with van der Waals surface area (Å²) in [5.41, 5.74) is 0. The SMILES string of the molecule is COC(=O)CSCCCS[C@H]1C(=O)C[C@@H](O[Si](C)(C)C(C)(C)C)[C@@H]1C=C[C@H](CCc1cc2ccccc2s1)O[Si](C)(C)C(C)(C)C. The Morgan fingerprint density at radius 2 is 1.72 bits per heavy atom. The van der Waals surface area contributed by atoms with Crippen LogP contribution in [0.5, 0.6) is 0 Å². The second kappa shape index (κ2) is 16.7. The number of methoxy groups -OCH3 is 1. The molecule has 258 valence electrons. The predicted octanol–water partition coefficient (Wildman–Crippen LogP) is 10.2. The standard InChI is InChI=1S/C36H58O5S3Si2/c1-35(2,3)45(8,9)40-27(17-19-28-23-26-15-12-13-16-32(26)44-28)18-20-29-31(41-46(10,11)36(4,5)6)24-30(37)34(29)43-22-14-21-42-25-33(38)39-7/h12-13,15-16,18,20,23,27,29,31,34H,14,17,19,21-22,24-25H2,1-11H3/t27-,29-,31+,34+/m0/s1. The van der Waals surface area contributed by atoms with E-state index in [0.29, 0.717) is 12.2 Å². The van der Waals surface area contributed by atoms with Crippen molar-refractivity contribution in [1.82, 2.24) is 0 Å². The van der Waals surface area contributed by atoms with E-state index in [-0.39, 0.29) is 45.2 Å². The van der Waals surface area contributed by atoms with Crippen LogP contribution in [0.2, 0.25) is 36.3 Å². The highest BCUT2D eigenvalue weighted by Crippen LogP contribution is 2.44. The molecule has 0 spiro atoms. The Kier molecular flexibility index (Phi) is 14.3. The number of rotatable bonds is 16. The first-order chi connectivity index (χ1) is 21.3. The number of hydrogen-bond donors (Lipinski definition) is 0. The molecular formula is C36H58O5S3Si2. The predicted molar refractivity (Wildman–Crippen MR) is 207 cm³/mol. The smallest absolute Gasteiger partial charge is 0.315 e. The van der Waals surface area contributed by atoms with Gasteiger partial charge in [0.1, 0.15) is 5.78 Å². The van der Waals surface area contributed by atoms with Crippen LogP contribution in [-0.4, -0.2) is 70.2 Å². The number of aryl methyl sites for hydroxylation is 1. The highest BCUT2D eigenvalue weighted by Gasteiger charge is 2.47. The van der Waals surface area contributed by atoms with Gasteiger partial charge in [0.05, 0.1) is 30.3 Å². The number of carbonyl (C=O) groups excluding carboxylic acids is 2. The minimum atomic E-state index is -2.09. The zero-order valence-corrected chi connectivity index (χ0v) is 34.5. The molecule has 3 rings (SSSR count). The lowest BCUT2D eigenvalue weighted by atomic mass is 10.0. The molecule has 0 radical (unpaired) electrons. The molecule has 0 N–H and O–H groups in total. The van der Waals surface area contributed by atoms with E-state index in [4.69, 9.17) is 13.6 Å². The van der Waals surface area contributed by atoms with Gasteiger partial charge in [0.25, 0.3) is 0 Å². The zero-order chi connectivity index (χ0) is 34.3. The molecule has 1 aliphatic rings. The molecule has 10 heteroatoms. The summed E-state index contributed by atoms with van der Waals surface area (Å²) in [5, 5.41) is 1.33. The van der Waals surface area contributed by atoms with Gasteiger partial charge in [-0.15, -0.1) is 23.1 Å². The highest BCUT2D eigenvalue weighted by molar-refractivity contribution is 8.01. The first kappa shape index (κ1) is 39.6. The van der Waals surface area contributed by atoms with Gasteiger partial charge in [0.2, 0.25) is 0 Å². The fourth-order valence-electron chi connectivity index (χ4n) is 5.00. The maximum absolute atomic E-state index is 13.6. The molecule has 0 saturated heterocycles. The lowest BCUT2D eigenvalue weighted by molar-refractivity contribution is -0.137. The number of ether oxygens (including phenoxy) is 1. The fraction of sp³-hybridized carbons (Fsp3) is 0.667. The van der Waals surface area contributed by atoms with Crippen molar-refractivity contribution in [2.24, 2.45) is 5.92 Å². The molecule has 1 saturated carbocycles. The van der Waals surface area contributed by atoms with Gasteiger partial charge in [-0.25, -0.2) is 0 Å². The van der Waals surface area contributed by atoms with Crippen molar-refractivity contribution in [3.63, 3.8) is 0 Å². The molecule has 4 atom stereocenters. The monoisotopic (exact) mass is 722 g/mol. The van der Waals surface area contributed by atoms with Crippen molar-refractivity contribution in [3.8, 4) is 0 Å². The highest BCUT2D eigenvalue weighted by atomic mass is 32.2.